The van der Waals surface area contributed by atoms with Crippen LogP contribution in [0.4, 0.5) is 17.1 Å². The van der Waals surface area contributed by atoms with Crippen LogP contribution in [-0.2, 0) is 32.5 Å². The van der Waals surface area contributed by atoms with Gasteiger partial charge in [-0.05, 0) is 239 Å². The molecule has 0 atom stereocenters. The van der Waals surface area contributed by atoms with Gasteiger partial charge in [-0.3, -0.25) is 0 Å². The van der Waals surface area contributed by atoms with Gasteiger partial charge in [0.1, 0.15) is 11.5 Å². The van der Waals surface area contributed by atoms with Crippen molar-refractivity contribution in [3.8, 4) is 28.4 Å². The normalized spacial score (nSPS) is 30.7. The maximum atomic E-state index is 11.3. The summed E-state index contributed by atoms with van der Waals surface area (Å²) in [7, 11) is 0. The van der Waals surface area contributed by atoms with Crippen LogP contribution < -0.4 is 26.0 Å². The molecule has 12 aliphatic rings. The smallest absolute Gasteiger partial charge is 0.256 e. The Morgan fingerprint density at radius 2 is 1.24 bits per heavy atom. The number of fused-ring (bicyclic) bond motifs is 13. The van der Waals surface area contributed by atoms with Gasteiger partial charge in [0, 0.05) is 49.7 Å². The second kappa shape index (κ2) is 15.6. The van der Waals surface area contributed by atoms with Gasteiger partial charge in [-0.25, -0.2) is 0 Å². The van der Waals surface area contributed by atoms with E-state index in [4.69, 9.17) is 4.74 Å². The quantitative estimate of drug-likeness (QED) is 0.163. The summed E-state index contributed by atoms with van der Waals surface area (Å²) >= 11 is 1.88. The zero-order valence-electron chi connectivity index (χ0n) is 53.7. The third-order valence-corrected chi connectivity index (χ3v) is 25.4. The maximum Gasteiger partial charge on any atom is 0.256 e. The number of anilines is 3. The van der Waals surface area contributed by atoms with Gasteiger partial charge in [-0.15, -0.1) is 11.3 Å². The molecule has 10 aliphatic carbocycles. The van der Waals surface area contributed by atoms with Crippen LogP contribution in [0.5, 0.6) is 11.5 Å². The molecule has 3 nitrogen and oxygen atoms in total. The summed E-state index contributed by atoms with van der Waals surface area (Å²) in [6.45, 7) is 20.6. The van der Waals surface area contributed by atoms with Crippen LogP contribution in [0.25, 0.3) is 37.9 Å². The van der Waals surface area contributed by atoms with Crippen LogP contribution >= 0.6 is 11.3 Å². The van der Waals surface area contributed by atoms with E-state index in [0.29, 0.717) is 70.0 Å². The monoisotopic (exact) mass is 1070 g/mol. The van der Waals surface area contributed by atoms with Gasteiger partial charge in [0.2, 0.25) is 0 Å². The summed E-state index contributed by atoms with van der Waals surface area (Å²) in [5.74, 6) is 5.48. The minimum Gasteiger partial charge on any atom is -0.457 e. The number of thiophene rings is 1. The van der Waals surface area contributed by atoms with Crippen molar-refractivity contribution < 1.29 is 11.6 Å². The molecule has 0 N–H and O–H groups in total. The molecule has 2 aromatic heterocycles. The lowest BCUT2D eigenvalue weighted by molar-refractivity contribution is -0.00528. The van der Waals surface area contributed by atoms with Crippen LogP contribution in [-0.4, -0.2) is 11.3 Å². The van der Waals surface area contributed by atoms with E-state index in [-0.39, 0.29) is 51.2 Å². The molecule has 0 spiro atoms. The molecule has 404 valence electrons. The van der Waals surface area contributed by atoms with Crippen molar-refractivity contribution in [2.75, 3.05) is 4.90 Å². The highest BCUT2D eigenvalue weighted by molar-refractivity contribution is 7.20. The molecular formula is C75H79BN2OS. The second-order valence-electron chi connectivity index (χ2n) is 31.2. The predicted octanol–water partition coefficient (Wildman–Crippen LogP) is 18.1. The Bertz CT molecular complexity index is 4270. The molecule has 80 heavy (non-hydrogen) atoms. The van der Waals surface area contributed by atoms with E-state index in [1.54, 1.807) is 0 Å². The van der Waals surface area contributed by atoms with E-state index in [2.05, 4.69) is 146 Å². The molecule has 0 unspecified atom stereocenters. The lowest BCUT2D eigenvalue weighted by atomic mass is 9.33. The Morgan fingerprint density at radius 1 is 0.613 bits per heavy atom. The fourth-order valence-corrected chi connectivity index (χ4v) is 22.4. The predicted molar refractivity (Wildman–Crippen MR) is 336 cm³/mol. The first kappa shape index (κ1) is 43.2. The van der Waals surface area contributed by atoms with Crippen molar-refractivity contribution in [1.82, 2.24) is 4.57 Å². The van der Waals surface area contributed by atoms with Gasteiger partial charge >= 0.3 is 0 Å². The molecule has 8 aromatic rings. The van der Waals surface area contributed by atoms with Crippen molar-refractivity contribution in [2.24, 2.45) is 35.5 Å². The van der Waals surface area contributed by atoms with Crippen LogP contribution in [0.3, 0.4) is 0 Å². The largest absolute Gasteiger partial charge is 0.457 e. The van der Waals surface area contributed by atoms with Gasteiger partial charge in [0.25, 0.3) is 6.71 Å². The molecule has 8 bridgehead atoms. The van der Waals surface area contributed by atoms with Crippen LogP contribution in [0.15, 0.2) is 109 Å². The van der Waals surface area contributed by atoms with Crippen molar-refractivity contribution >= 4 is 72.5 Å². The maximum absolute atomic E-state index is 11.3. The standard InChI is InChI=1S/C75H79BN2OS/c1-70(2,3)49-16-22-59-55(32-49)63-66(53-12-10-11-13-56(53)73(63,8)9)78(59)52-34-61-65-62(35-52)79-67-57(21-20-54-64-69(80-68(54)67)72(6,7)25-24-71(64,4)5)76(65)58-33-50(75-39-45-29-46(40-75)31-47(30-45)41-75)17-23-60(58)77(61)51-18-14-48(15-19-51)74-36-42-26-43(37-74)28-44(27-42)38-74/h10-23,32-35,42-47H,24-31,36-41H2,1-9H3/i18D,19D,23D,34D,35D. The molecule has 0 radical (unpaired) electrons. The van der Waals surface area contributed by atoms with Crippen molar-refractivity contribution in [3.63, 3.8) is 0 Å². The van der Waals surface area contributed by atoms with E-state index < -0.39 is 12.1 Å². The van der Waals surface area contributed by atoms with E-state index in [1.807, 2.05) is 16.2 Å². The summed E-state index contributed by atoms with van der Waals surface area (Å²) < 4.78 is 65.5. The molecule has 20 rings (SSSR count). The van der Waals surface area contributed by atoms with Crippen LogP contribution in [0.1, 0.15) is 197 Å². The number of benzene rings is 6. The van der Waals surface area contributed by atoms with Crippen molar-refractivity contribution in [2.45, 2.75) is 185 Å². The molecule has 8 fully saturated rings. The Balaban J connectivity index is 0.963. The van der Waals surface area contributed by atoms with Gasteiger partial charge in [-0.1, -0.05) is 129 Å². The number of nitrogens with zero attached hydrogens (tertiary/aromatic N) is 2. The highest BCUT2D eigenvalue weighted by atomic mass is 32.1. The third-order valence-electron chi connectivity index (χ3n) is 23.8. The van der Waals surface area contributed by atoms with Gasteiger partial charge in [0.15, 0.2) is 0 Å². The summed E-state index contributed by atoms with van der Waals surface area (Å²) in [6, 6.07) is 30.4. The van der Waals surface area contributed by atoms with E-state index in [0.717, 1.165) is 106 Å². The fourth-order valence-electron chi connectivity index (χ4n) is 20.8. The zero-order valence-corrected chi connectivity index (χ0v) is 49.5. The lowest BCUT2D eigenvalue weighted by Crippen LogP contribution is -2.60. The molecule has 0 amide bonds. The minimum absolute atomic E-state index is 0.0199. The SMILES string of the molecule is [2H]c1cc(C23CC4CC(CC(C4)C2)C3)cc([2H])c1N1c2c([2H])cc(C34CC5CC(CC(C5)C3)C4)cc2B2c3ccc4c5c(sc4c3Oc3c([2H])c(-n4c6c(c7cc(C(C)(C)C)ccc74)C(C)(C)c4ccccc4-6)c([2H])c1c32)C(C)(C)CCC5(C)C. The third kappa shape index (κ3) is 6.35. The average Bonchev–Trinajstić information content (AvgIpc) is 1.69. The molecule has 6 aromatic carbocycles. The first-order chi connectivity index (χ1) is 40.4. The minimum atomic E-state index is -0.486. The Labute approximate surface area is 487 Å². The number of ether oxygens (including phenoxy) is 1. The molecule has 4 heterocycles. The van der Waals surface area contributed by atoms with Gasteiger partial charge in [0.05, 0.1) is 28.5 Å². The molecule has 2 aliphatic heterocycles. The molecule has 0 saturated heterocycles. The van der Waals surface area contributed by atoms with Crippen LogP contribution in [0, 0.1) is 35.5 Å². The average molecular weight is 1070 g/mol. The Hall–Kier alpha value is -5.52. The number of hydrogen-bond donors (Lipinski definition) is 0. The van der Waals surface area contributed by atoms with E-state index >= 15 is 0 Å². The summed E-state index contributed by atoms with van der Waals surface area (Å²) in [6.07, 6.45) is 17.0. The topological polar surface area (TPSA) is 17.4 Å². The molecular weight excluding hydrogens is 988 g/mol. The number of aromatic nitrogens is 1. The second-order valence-corrected chi connectivity index (χ2v) is 32.2. The first-order valence-electron chi connectivity index (χ1n) is 33.7. The van der Waals surface area contributed by atoms with E-state index in [1.165, 1.54) is 76.6 Å². The highest BCUT2D eigenvalue weighted by Gasteiger charge is 2.55. The zero-order chi connectivity index (χ0) is 58.3. The molecule has 5 heteroatoms. The van der Waals surface area contributed by atoms with Crippen LogP contribution in [0.2, 0.25) is 0 Å². The van der Waals surface area contributed by atoms with Gasteiger partial charge in [-0.2, -0.15) is 0 Å². The van der Waals surface area contributed by atoms with E-state index in [9.17, 15) is 6.85 Å². The molecule has 8 saturated carbocycles. The van der Waals surface area contributed by atoms with Crippen molar-refractivity contribution in [3.05, 3.63) is 147 Å². The highest BCUT2D eigenvalue weighted by Crippen LogP contribution is 2.64. The number of rotatable bonds is 4. The number of hydrogen-bond acceptors (Lipinski definition) is 3. The summed E-state index contributed by atoms with van der Waals surface area (Å²) in [5, 5.41) is 2.34. The Kier molecular flexibility index (Phi) is 8.41. The van der Waals surface area contributed by atoms with Crippen molar-refractivity contribution in [1.29, 1.82) is 0 Å². The Morgan fingerprint density at radius 3 is 1.90 bits per heavy atom. The fraction of sp³-hybridized carbons (Fsp3) is 0.467. The summed E-state index contributed by atoms with van der Waals surface area (Å²) in [4.78, 5) is 3.45. The summed E-state index contributed by atoms with van der Waals surface area (Å²) in [5.41, 5.74) is 14.5. The lowest BCUT2D eigenvalue weighted by Gasteiger charge is -2.57. The first-order valence-corrected chi connectivity index (χ1v) is 32.1. The van der Waals surface area contributed by atoms with Gasteiger partial charge < -0.3 is 14.2 Å².